The number of benzene rings is 2. The number of carbonyl (C=O) groups is 3. The van der Waals surface area contributed by atoms with Crippen molar-refractivity contribution in [1.29, 1.82) is 0 Å². The molecule has 0 spiro atoms. The molecule has 0 radical (unpaired) electrons. The maximum Gasteiger partial charge on any atom is 0.257 e. The number of hydrogen-bond donors (Lipinski definition) is 2. The molecule has 0 aliphatic carbocycles. The first kappa shape index (κ1) is 24.9. The number of carbonyl (C=O) groups excluding carboxylic acids is 3. The Morgan fingerprint density at radius 2 is 1.63 bits per heavy atom. The van der Waals surface area contributed by atoms with Crippen LogP contribution in [-0.2, 0) is 9.59 Å². The van der Waals surface area contributed by atoms with E-state index >= 15 is 0 Å². The van der Waals surface area contributed by atoms with E-state index in [1.54, 1.807) is 23.1 Å². The SMILES string of the molecule is COc1ccc(Cl)cc1C(=O)N1CCC(C(=O)Nc2ccccc2N2CCC(C(N)=O)CC2)CC1. The second-order valence-corrected chi connectivity index (χ2v) is 9.52. The number of piperidine rings is 2. The van der Waals surface area contributed by atoms with Gasteiger partial charge in [0.1, 0.15) is 5.75 Å². The maximum absolute atomic E-state index is 13.1. The summed E-state index contributed by atoms with van der Waals surface area (Å²) in [5.41, 5.74) is 7.60. The zero-order chi connectivity index (χ0) is 24.9. The van der Waals surface area contributed by atoms with Gasteiger partial charge in [0.05, 0.1) is 24.0 Å². The molecule has 2 aromatic carbocycles. The summed E-state index contributed by atoms with van der Waals surface area (Å²) in [4.78, 5) is 41.6. The van der Waals surface area contributed by atoms with E-state index in [1.165, 1.54) is 7.11 Å². The average molecular weight is 499 g/mol. The third-order valence-corrected chi connectivity index (χ3v) is 7.18. The molecule has 3 N–H and O–H groups in total. The first-order chi connectivity index (χ1) is 16.9. The quantitative estimate of drug-likeness (QED) is 0.633. The van der Waals surface area contributed by atoms with Crippen molar-refractivity contribution < 1.29 is 19.1 Å². The lowest BCUT2D eigenvalue weighted by Gasteiger charge is -2.34. The Morgan fingerprint density at radius 3 is 2.29 bits per heavy atom. The normalized spacial score (nSPS) is 17.2. The number of nitrogens with one attached hydrogen (secondary N) is 1. The molecule has 2 fully saturated rings. The molecule has 2 aromatic rings. The molecule has 0 atom stereocenters. The van der Waals surface area contributed by atoms with E-state index in [2.05, 4.69) is 10.2 Å². The third-order valence-electron chi connectivity index (χ3n) is 6.94. The number of anilines is 2. The van der Waals surface area contributed by atoms with Crippen molar-refractivity contribution in [2.45, 2.75) is 25.7 Å². The van der Waals surface area contributed by atoms with Crippen molar-refractivity contribution in [1.82, 2.24) is 4.90 Å². The highest BCUT2D eigenvalue weighted by molar-refractivity contribution is 6.31. The van der Waals surface area contributed by atoms with Gasteiger partial charge in [-0.15, -0.1) is 0 Å². The van der Waals surface area contributed by atoms with Gasteiger partial charge in [0, 0.05) is 43.0 Å². The number of methoxy groups -OCH3 is 1. The lowest BCUT2D eigenvalue weighted by Crippen LogP contribution is -2.42. The van der Waals surface area contributed by atoms with Crippen LogP contribution in [0.4, 0.5) is 11.4 Å². The van der Waals surface area contributed by atoms with Gasteiger partial charge >= 0.3 is 0 Å². The standard InChI is InChI=1S/C26H31ClN4O4/c1-35-23-7-6-19(27)16-20(23)26(34)31-14-10-18(11-15-31)25(33)29-21-4-2-3-5-22(21)30-12-8-17(9-13-30)24(28)32/h2-7,16-18H,8-15H2,1H3,(H2,28,32)(H,29,33). The lowest BCUT2D eigenvalue weighted by atomic mass is 9.94. The fourth-order valence-corrected chi connectivity index (χ4v) is 5.03. The number of hydrogen-bond acceptors (Lipinski definition) is 5. The summed E-state index contributed by atoms with van der Waals surface area (Å²) in [6, 6.07) is 12.7. The minimum atomic E-state index is -0.245. The molecule has 2 heterocycles. The van der Waals surface area contributed by atoms with Crippen LogP contribution in [0.1, 0.15) is 36.0 Å². The summed E-state index contributed by atoms with van der Waals surface area (Å²) in [6.45, 7) is 2.39. The molecule has 3 amide bonds. The molecule has 2 saturated heterocycles. The van der Waals surface area contributed by atoms with Crippen molar-refractivity contribution in [3.63, 3.8) is 0 Å². The number of halogens is 1. The maximum atomic E-state index is 13.1. The van der Waals surface area contributed by atoms with Gasteiger partial charge in [-0.05, 0) is 56.0 Å². The Bertz CT molecular complexity index is 1090. The van der Waals surface area contributed by atoms with Crippen LogP contribution >= 0.6 is 11.6 Å². The van der Waals surface area contributed by atoms with E-state index in [0.717, 1.165) is 11.4 Å². The molecule has 0 aromatic heterocycles. The summed E-state index contributed by atoms with van der Waals surface area (Å²) in [6.07, 6.45) is 2.57. The summed E-state index contributed by atoms with van der Waals surface area (Å²) in [5, 5.41) is 3.57. The Kier molecular flexibility index (Phi) is 7.80. The van der Waals surface area contributed by atoms with Crippen LogP contribution in [0.15, 0.2) is 42.5 Å². The van der Waals surface area contributed by atoms with E-state index in [9.17, 15) is 14.4 Å². The summed E-state index contributed by atoms with van der Waals surface area (Å²) in [5.74, 6) is -0.229. The Balaban J connectivity index is 1.36. The minimum Gasteiger partial charge on any atom is -0.496 e. The highest BCUT2D eigenvalue weighted by Gasteiger charge is 2.30. The number of ether oxygens (including phenoxy) is 1. The van der Waals surface area contributed by atoms with Gasteiger partial charge in [0.15, 0.2) is 0 Å². The smallest absolute Gasteiger partial charge is 0.257 e. The van der Waals surface area contributed by atoms with Gasteiger partial charge in [-0.2, -0.15) is 0 Å². The summed E-state index contributed by atoms with van der Waals surface area (Å²) in [7, 11) is 1.52. The third kappa shape index (κ3) is 5.70. The molecule has 4 rings (SSSR count). The number of rotatable bonds is 6. The molecule has 2 aliphatic heterocycles. The monoisotopic (exact) mass is 498 g/mol. The van der Waals surface area contributed by atoms with Gasteiger partial charge in [-0.3, -0.25) is 14.4 Å². The average Bonchev–Trinajstić information content (AvgIpc) is 2.88. The van der Waals surface area contributed by atoms with Crippen LogP contribution < -0.4 is 20.7 Å². The summed E-state index contributed by atoms with van der Waals surface area (Å²) >= 11 is 6.09. The van der Waals surface area contributed by atoms with Gasteiger partial charge in [0.25, 0.3) is 5.91 Å². The zero-order valence-corrected chi connectivity index (χ0v) is 20.6. The van der Waals surface area contributed by atoms with E-state index in [0.29, 0.717) is 68.2 Å². The van der Waals surface area contributed by atoms with Crippen LogP contribution in [0.3, 0.4) is 0 Å². The topological polar surface area (TPSA) is 105 Å². The van der Waals surface area contributed by atoms with E-state index in [-0.39, 0.29) is 29.6 Å². The van der Waals surface area contributed by atoms with E-state index < -0.39 is 0 Å². The van der Waals surface area contributed by atoms with Crippen molar-refractivity contribution in [3.8, 4) is 5.75 Å². The van der Waals surface area contributed by atoms with Gasteiger partial charge in [0.2, 0.25) is 11.8 Å². The first-order valence-corrected chi connectivity index (χ1v) is 12.3. The lowest BCUT2D eigenvalue weighted by molar-refractivity contribution is -0.122. The second-order valence-electron chi connectivity index (χ2n) is 9.08. The number of nitrogens with two attached hydrogens (primary N) is 1. The molecule has 186 valence electrons. The van der Waals surface area contributed by atoms with Crippen molar-refractivity contribution in [3.05, 3.63) is 53.1 Å². The highest BCUT2D eigenvalue weighted by Crippen LogP contribution is 2.31. The number of primary amides is 1. The Hall–Kier alpha value is -3.26. The fourth-order valence-electron chi connectivity index (χ4n) is 4.86. The molecule has 0 unspecified atom stereocenters. The molecular formula is C26H31ClN4O4. The van der Waals surface area contributed by atoms with Crippen LogP contribution in [-0.4, -0.2) is 55.9 Å². The second kappa shape index (κ2) is 11.0. The predicted molar refractivity (Wildman–Crippen MR) is 136 cm³/mol. The zero-order valence-electron chi connectivity index (χ0n) is 19.8. The number of para-hydroxylation sites is 2. The van der Waals surface area contributed by atoms with Gasteiger partial charge in [-0.1, -0.05) is 23.7 Å². The molecule has 35 heavy (non-hydrogen) atoms. The van der Waals surface area contributed by atoms with Crippen LogP contribution in [0, 0.1) is 11.8 Å². The van der Waals surface area contributed by atoms with Crippen molar-refractivity contribution in [2.75, 3.05) is 43.5 Å². The number of likely N-dealkylation sites (tertiary alicyclic amines) is 1. The Labute approximate surface area is 210 Å². The molecule has 9 heteroatoms. The highest BCUT2D eigenvalue weighted by atomic mass is 35.5. The van der Waals surface area contributed by atoms with Crippen molar-refractivity contribution >= 4 is 40.7 Å². The molecule has 8 nitrogen and oxygen atoms in total. The van der Waals surface area contributed by atoms with Gasteiger partial charge < -0.3 is 25.6 Å². The molecule has 0 bridgehead atoms. The molecule has 2 aliphatic rings. The Morgan fingerprint density at radius 1 is 0.971 bits per heavy atom. The van der Waals surface area contributed by atoms with E-state index in [4.69, 9.17) is 22.1 Å². The van der Waals surface area contributed by atoms with Crippen molar-refractivity contribution in [2.24, 2.45) is 17.6 Å². The fraction of sp³-hybridized carbons (Fsp3) is 0.423. The molecular weight excluding hydrogens is 468 g/mol. The van der Waals surface area contributed by atoms with Crippen LogP contribution in [0.2, 0.25) is 5.02 Å². The number of amides is 3. The van der Waals surface area contributed by atoms with Gasteiger partial charge in [-0.25, -0.2) is 0 Å². The largest absolute Gasteiger partial charge is 0.496 e. The molecule has 0 saturated carbocycles. The summed E-state index contributed by atoms with van der Waals surface area (Å²) < 4.78 is 5.32. The van der Waals surface area contributed by atoms with Crippen LogP contribution in [0.25, 0.3) is 0 Å². The first-order valence-electron chi connectivity index (χ1n) is 11.9. The number of nitrogens with zero attached hydrogens (tertiary/aromatic N) is 2. The predicted octanol–water partition coefficient (Wildman–Crippen LogP) is 3.54. The van der Waals surface area contributed by atoms with E-state index in [1.807, 2.05) is 24.3 Å². The van der Waals surface area contributed by atoms with Crippen LogP contribution in [0.5, 0.6) is 5.75 Å². The minimum absolute atomic E-state index is 0.0445.